The summed E-state index contributed by atoms with van der Waals surface area (Å²) in [5, 5.41) is 0. The van der Waals surface area contributed by atoms with E-state index < -0.39 is 18.6 Å². The molecule has 1 aliphatic heterocycles. The van der Waals surface area contributed by atoms with E-state index >= 15 is 0 Å². The van der Waals surface area contributed by atoms with Gasteiger partial charge in [0.25, 0.3) is 0 Å². The van der Waals surface area contributed by atoms with Crippen LogP contribution in [0.3, 0.4) is 0 Å². The molecule has 6 nitrogen and oxygen atoms in total. The van der Waals surface area contributed by atoms with E-state index in [0.717, 1.165) is 16.9 Å². The van der Waals surface area contributed by atoms with Crippen LogP contribution < -0.4 is 0 Å². The van der Waals surface area contributed by atoms with Crippen LogP contribution in [-0.2, 0) is 19.1 Å². The summed E-state index contributed by atoms with van der Waals surface area (Å²) in [7, 11) is 0. The minimum atomic E-state index is -1.01. The van der Waals surface area contributed by atoms with Crippen molar-refractivity contribution in [3.8, 4) is 0 Å². The molecule has 1 heterocycles. The molecule has 1 saturated heterocycles. The van der Waals surface area contributed by atoms with Crippen molar-refractivity contribution >= 4 is 23.6 Å². The monoisotopic (exact) mass is 421 g/mol. The zero-order chi connectivity index (χ0) is 22.0. The van der Waals surface area contributed by atoms with E-state index in [-0.39, 0.29) is 47.2 Å². The van der Waals surface area contributed by atoms with Gasteiger partial charge < -0.3 is 4.74 Å². The molecule has 31 heavy (non-hydrogen) atoms. The lowest BCUT2D eigenvalue weighted by molar-refractivity contribution is -0.160. The summed E-state index contributed by atoms with van der Waals surface area (Å²) >= 11 is 0. The molecule has 6 rings (SSSR count). The van der Waals surface area contributed by atoms with Crippen LogP contribution in [0.4, 0.5) is 0 Å². The highest BCUT2D eigenvalue weighted by molar-refractivity contribution is 6.09. The lowest BCUT2D eigenvalue weighted by atomic mass is 9.63. The topological polar surface area (TPSA) is 80.8 Å². The zero-order valence-electron chi connectivity index (χ0n) is 18.0. The number of hydrogen-bond donors (Lipinski definition) is 0. The van der Waals surface area contributed by atoms with Gasteiger partial charge in [-0.2, -0.15) is 0 Å². The van der Waals surface area contributed by atoms with E-state index in [1.807, 2.05) is 19.1 Å². The second kappa shape index (κ2) is 7.14. The van der Waals surface area contributed by atoms with Crippen molar-refractivity contribution in [2.75, 3.05) is 6.61 Å². The molecular formula is C25H27NO5. The summed E-state index contributed by atoms with van der Waals surface area (Å²) in [5.41, 5.74) is 1.49. The van der Waals surface area contributed by atoms with Crippen LogP contribution in [0.1, 0.15) is 36.2 Å². The molecule has 0 radical (unpaired) electrons. The number of nitrogens with zero attached hydrogens (tertiary/aromatic N) is 1. The quantitative estimate of drug-likeness (QED) is 0.305. The van der Waals surface area contributed by atoms with Gasteiger partial charge in [0.05, 0.1) is 11.8 Å². The average Bonchev–Trinajstić information content (AvgIpc) is 3.53. The van der Waals surface area contributed by atoms with Crippen LogP contribution in [0.25, 0.3) is 0 Å². The number of ketones is 1. The molecule has 7 atom stereocenters. The van der Waals surface area contributed by atoms with Gasteiger partial charge in [0.1, 0.15) is 6.04 Å². The number of carbonyl (C=O) groups is 4. The number of Topliss-reactive ketones (excluding diaryl/α,β-unsaturated/α-hetero) is 1. The maximum Gasteiger partial charge on any atom is 0.330 e. The lowest BCUT2D eigenvalue weighted by Gasteiger charge is -2.37. The summed E-state index contributed by atoms with van der Waals surface area (Å²) in [6.45, 7) is 5.10. The van der Waals surface area contributed by atoms with Crippen molar-refractivity contribution in [1.82, 2.24) is 4.90 Å². The molecule has 162 valence electrons. The Hall–Kier alpha value is -2.76. The van der Waals surface area contributed by atoms with E-state index in [4.69, 9.17) is 4.74 Å². The number of imide groups is 1. The SMILES string of the molecule is Cc1ccc(C(=O)COC(=O)[C@H](C(C)C)N2C(=O)[C@@H]3[C@H]4C=C[C@@H]([C@@H]5C[C@H]45)[C@H]3C2=O)cc1. The van der Waals surface area contributed by atoms with E-state index in [1.54, 1.807) is 26.0 Å². The van der Waals surface area contributed by atoms with E-state index in [0.29, 0.717) is 17.4 Å². The largest absolute Gasteiger partial charge is 0.456 e. The van der Waals surface area contributed by atoms with Gasteiger partial charge >= 0.3 is 5.97 Å². The Kier molecular flexibility index (Phi) is 4.65. The van der Waals surface area contributed by atoms with Crippen LogP contribution in [0, 0.1) is 48.3 Å². The predicted octanol–water partition coefficient (Wildman–Crippen LogP) is 2.80. The van der Waals surface area contributed by atoms with Crippen molar-refractivity contribution in [3.05, 3.63) is 47.5 Å². The molecule has 0 spiro atoms. The number of esters is 1. The number of benzene rings is 1. The summed E-state index contributed by atoms with van der Waals surface area (Å²) in [4.78, 5) is 53.2. The first-order chi connectivity index (χ1) is 14.8. The van der Waals surface area contributed by atoms with Crippen molar-refractivity contribution in [2.45, 2.75) is 33.2 Å². The van der Waals surface area contributed by atoms with Gasteiger partial charge in [0.15, 0.2) is 12.4 Å². The highest BCUT2D eigenvalue weighted by atomic mass is 16.5. The predicted molar refractivity (Wildman–Crippen MR) is 112 cm³/mol. The molecular weight excluding hydrogens is 394 g/mol. The van der Waals surface area contributed by atoms with E-state index in [1.165, 1.54) is 0 Å². The maximum atomic E-state index is 13.3. The Balaban J connectivity index is 1.32. The Bertz CT molecular complexity index is 958. The average molecular weight is 421 g/mol. The molecule has 2 bridgehead atoms. The molecule has 4 aliphatic carbocycles. The molecule has 5 aliphatic rings. The number of aryl methyl sites for hydroxylation is 1. The van der Waals surface area contributed by atoms with Gasteiger partial charge in [-0.15, -0.1) is 0 Å². The number of amides is 2. The third-order valence-corrected chi connectivity index (χ3v) is 7.57. The van der Waals surface area contributed by atoms with Gasteiger partial charge in [0, 0.05) is 5.56 Å². The Labute approximate surface area is 181 Å². The number of allylic oxidation sites excluding steroid dienone is 2. The molecule has 3 fully saturated rings. The molecule has 1 aromatic carbocycles. The van der Waals surface area contributed by atoms with E-state index in [9.17, 15) is 19.2 Å². The van der Waals surface area contributed by atoms with Gasteiger partial charge in [0.2, 0.25) is 11.8 Å². The van der Waals surface area contributed by atoms with Gasteiger partial charge in [-0.25, -0.2) is 4.79 Å². The fourth-order valence-corrected chi connectivity index (χ4v) is 5.97. The summed E-state index contributed by atoms with van der Waals surface area (Å²) < 4.78 is 5.32. The minimum Gasteiger partial charge on any atom is -0.456 e. The van der Waals surface area contributed by atoms with Gasteiger partial charge in [-0.1, -0.05) is 55.8 Å². The standard InChI is InChI=1S/C25H27NO5/c1-12(2)22(25(30)31-11-19(27)14-6-4-13(3)5-7-14)26-23(28)20-15-8-9-16(18-10-17(15)18)21(20)24(26)29/h4-9,12,15-18,20-22H,10-11H2,1-3H3/t15-,16-,17-,18+,20+,21+,22-/m0/s1. The summed E-state index contributed by atoms with van der Waals surface area (Å²) in [6.07, 6.45) is 5.31. The first-order valence-electron chi connectivity index (χ1n) is 11.1. The summed E-state index contributed by atoms with van der Waals surface area (Å²) in [5.74, 6) is -1.30. The first kappa shape index (κ1) is 20.2. The molecule has 0 unspecified atom stereocenters. The molecule has 0 aromatic heterocycles. The molecule has 2 saturated carbocycles. The molecule has 0 N–H and O–H groups in total. The smallest absolute Gasteiger partial charge is 0.330 e. The van der Waals surface area contributed by atoms with Crippen LogP contribution in [-0.4, -0.2) is 41.1 Å². The minimum absolute atomic E-state index is 0.105. The van der Waals surface area contributed by atoms with Gasteiger partial charge in [-0.3, -0.25) is 19.3 Å². The number of hydrogen-bond acceptors (Lipinski definition) is 5. The number of rotatable bonds is 6. The highest BCUT2D eigenvalue weighted by Crippen LogP contribution is 2.65. The van der Waals surface area contributed by atoms with Crippen LogP contribution in [0.5, 0.6) is 0 Å². The fraction of sp³-hybridized carbons (Fsp3) is 0.520. The molecule has 1 aromatic rings. The number of likely N-dealkylation sites (tertiary alicyclic amines) is 1. The fourth-order valence-electron chi connectivity index (χ4n) is 5.97. The van der Waals surface area contributed by atoms with Crippen LogP contribution >= 0.6 is 0 Å². The lowest BCUT2D eigenvalue weighted by Crippen LogP contribution is -2.49. The van der Waals surface area contributed by atoms with Crippen molar-refractivity contribution in [2.24, 2.45) is 41.4 Å². The number of carbonyl (C=O) groups excluding carboxylic acids is 4. The molecule has 2 amide bonds. The van der Waals surface area contributed by atoms with Gasteiger partial charge in [-0.05, 0) is 42.9 Å². The van der Waals surface area contributed by atoms with Crippen molar-refractivity contribution in [3.63, 3.8) is 0 Å². The summed E-state index contributed by atoms with van der Waals surface area (Å²) in [6, 6.07) is 6.02. The third kappa shape index (κ3) is 3.07. The Morgan fingerprint density at radius 2 is 1.55 bits per heavy atom. The van der Waals surface area contributed by atoms with Crippen molar-refractivity contribution < 1.29 is 23.9 Å². The Morgan fingerprint density at radius 3 is 2.06 bits per heavy atom. The van der Waals surface area contributed by atoms with E-state index in [2.05, 4.69) is 12.2 Å². The van der Waals surface area contributed by atoms with Crippen LogP contribution in [0.2, 0.25) is 0 Å². The number of ether oxygens (including phenoxy) is 1. The first-order valence-corrected chi connectivity index (χ1v) is 11.1. The third-order valence-electron chi connectivity index (χ3n) is 7.57. The normalized spacial score (nSPS) is 33.4. The molecule has 6 heteroatoms. The van der Waals surface area contributed by atoms with Crippen LogP contribution in [0.15, 0.2) is 36.4 Å². The Morgan fingerprint density at radius 1 is 1.00 bits per heavy atom. The zero-order valence-corrected chi connectivity index (χ0v) is 18.0. The second-order valence-electron chi connectivity index (χ2n) is 9.79. The van der Waals surface area contributed by atoms with Crippen molar-refractivity contribution in [1.29, 1.82) is 0 Å². The maximum absolute atomic E-state index is 13.3. The second-order valence-corrected chi connectivity index (χ2v) is 9.79. The highest BCUT2D eigenvalue weighted by Gasteiger charge is 2.68.